The van der Waals surface area contributed by atoms with Crippen molar-refractivity contribution < 1.29 is 9.59 Å². The normalized spacial score (nSPS) is 11.0. The van der Waals surface area contributed by atoms with Crippen molar-refractivity contribution in [1.82, 2.24) is 10.6 Å². The Kier molecular flexibility index (Phi) is 5.94. The van der Waals surface area contributed by atoms with Crippen LogP contribution in [0.5, 0.6) is 0 Å². The lowest BCUT2D eigenvalue weighted by Gasteiger charge is -2.10. The largest absolute Gasteiger partial charge is 0.347 e. The third-order valence-corrected chi connectivity index (χ3v) is 3.43. The third-order valence-electron chi connectivity index (χ3n) is 3.06. The molecule has 2 aromatic carbocycles. The van der Waals surface area contributed by atoms with E-state index in [0.29, 0.717) is 5.02 Å². The summed E-state index contributed by atoms with van der Waals surface area (Å²) < 4.78 is 0. The quantitative estimate of drug-likeness (QED) is 0.828. The summed E-state index contributed by atoms with van der Waals surface area (Å²) in [6, 6.07) is 16.6. The van der Waals surface area contributed by atoms with E-state index in [-0.39, 0.29) is 24.1 Å². The van der Waals surface area contributed by atoms with Crippen LogP contribution in [0, 0.1) is 0 Å². The first-order chi connectivity index (χ1) is 11.1. The highest BCUT2D eigenvalue weighted by Gasteiger charge is 2.11. The second-order valence-corrected chi connectivity index (χ2v) is 5.33. The molecular weight excluding hydrogens is 312 g/mol. The van der Waals surface area contributed by atoms with Gasteiger partial charge in [-0.05, 0) is 23.3 Å². The maximum Gasteiger partial charge on any atom is 0.268 e. The smallest absolute Gasteiger partial charge is 0.268 e. The SMILES string of the molecule is CC(=O)N/C(=C\c1ccccc1)C(=O)NCc1ccccc1Cl. The lowest BCUT2D eigenvalue weighted by atomic mass is 10.2. The van der Waals surface area contributed by atoms with Crippen LogP contribution >= 0.6 is 11.6 Å². The minimum atomic E-state index is -0.371. The van der Waals surface area contributed by atoms with E-state index >= 15 is 0 Å². The summed E-state index contributed by atoms with van der Waals surface area (Å²) in [6.45, 7) is 1.64. The topological polar surface area (TPSA) is 58.2 Å². The number of amides is 2. The van der Waals surface area contributed by atoms with Gasteiger partial charge in [-0.2, -0.15) is 0 Å². The second-order valence-electron chi connectivity index (χ2n) is 4.92. The van der Waals surface area contributed by atoms with Gasteiger partial charge in [0.1, 0.15) is 5.70 Å². The summed E-state index contributed by atoms with van der Waals surface area (Å²) in [6.07, 6.45) is 1.63. The molecule has 0 aliphatic heterocycles. The van der Waals surface area contributed by atoms with Crippen LogP contribution in [-0.4, -0.2) is 11.8 Å². The summed E-state index contributed by atoms with van der Waals surface area (Å²) in [4.78, 5) is 23.7. The molecule has 0 saturated heterocycles. The molecule has 0 aliphatic carbocycles. The number of benzene rings is 2. The highest BCUT2D eigenvalue weighted by atomic mass is 35.5. The molecule has 2 N–H and O–H groups in total. The molecule has 0 heterocycles. The van der Waals surface area contributed by atoms with Crippen LogP contribution in [-0.2, 0) is 16.1 Å². The standard InChI is InChI=1S/C18H17ClN2O2/c1-13(22)21-17(11-14-7-3-2-4-8-14)18(23)20-12-15-9-5-6-10-16(15)19/h2-11H,12H2,1H3,(H,20,23)(H,21,22)/b17-11-. The predicted molar refractivity (Wildman–Crippen MR) is 91.5 cm³/mol. The molecule has 23 heavy (non-hydrogen) atoms. The molecule has 0 unspecified atom stereocenters. The van der Waals surface area contributed by atoms with Gasteiger partial charge in [0.25, 0.3) is 5.91 Å². The molecular formula is C18H17ClN2O2. The lowest BCUT2D eigenvalue weighted by Crippen LogP contribution is -2.33. The Bertz CT molecular complexity index is 727. The zero-order chi connectivity index (χ0) is 16.7. The van der Waals surface area contributed by atoms with Crippen LogP contribution in [0.2, 0.25) is 5.02 Å². The Morgan fingerprint density at radius 1 is 1.04 bits per heavy atom. The Morgan fingerprint density at radius 3 is 2.35 bits per heavy atom. The van der Waals surface area contributed by atoms with E-state index in [4.69, 9.17) is 11.6 Å². The molecule has 0 fully saturated rings. The summed E-state index contributed by atoms with van der Waals surface area (Å²) in [5, 5.41) is 5.90. The number of carbonyl (C=O) groups is 2. The molecule has 0 atom stereocenters. The van der Waals surface area contributed by atoms with Crippen molar-refractivity contribution in [2.45, 2.75) is 13.5 Å². The molecule has 0 bridgehead atoms. The fraction of sp³-hybridized carbons (Fsp3) is 0.111. The van der Waals surface area contributed by atoms with E-state index in [1.165, 1.54) is 6.92 Å². The van der Waals surface area contributed by atoms with E-state index in [2.05, 4.69) is 10.6 Å². The Hall–Kier alpha value is -2.59. The fourth-order valence-electron chi connectivity index (χ4n) is 1.98. The summed E-state index contributed by atoms with van der Waals surface area (Å²) in [5.74, 6) is -0.677. The molecule has 118 valence electrons. The molecule has 2 amide bonds. The van der Waals surface area contributed by atoms with Gasteiger partial charge in [0, 0.05) is 18.5 Å². The van der Waals surface area contributed by atoms with Gasteiger partial charge >= 0.3 is 0 Å². The summed E-state index contributed by atoms with van der Waals surface area (Å²) >= 11 is 6.07. The first kappa shape index (κ1) is 16.8. The van der Waals surface area contributed by atoms with Gasteiger partial charge < -0.3 is 10.6 Å². The summed E-state index contributed by atoms with van der Waals surface area (Å²) in [7, 11) is 0. The Labute approximate surface area is 140 Å². The Balaban J connectivity index is 2.12. The van der Waals surface area contributed by atoms with E-state index in [9.17, 15) is 9.59 Å². The molecule has 0 radical (unpaired) electrons. The highest BCUT2D eigenvalue weighted by Crippen LogP contribution is 2.14. The number of hydrogen-bond donors (Lipinski definition) is 2. The minimum absolute atomic E-state index is 0.191. The van der Waals surface area contributed by atoms with Crippen molar-refractivity contribution >= 4 is 29.5 Å². The highest BCUT2D eigenvalue weighted by molar-refractivity contribution is 6.31. The van der Waals surface area contributed by atoms with E-state index in [1.54, 1.807) is 12.1 Å². The van der Waals surface area contributed by atoms with Crippen LogP contribution in [0.15, 0.2) is 60.3 Å². The van der Waals surface area contributed by atoms with Gasteiger partial charge in [0.15, 0.2) is 0 Å². The molecule has 0 aliphatic rings. The zero-order valence-electron chi connectivity index (χ0n) is 12.7. The molecule has 0 spiro atoms. The van der Waals surface area contributed by atoms with Crippen molar-refractivity contribution in [3.05, 3.63) is 76.4 Å². The predicted octanol–water partition coefficient (Wildman–Crippen LogP) is 3.13. The van der Waals surface area contributed by atoms with Crippen molar-refractivity contribution in [3.8, 4) is 0 Å². The number of halogens is 1. The van der Waals surface area contributed by atoms with Crippen molar-refractivity contribution in [2.75, 3.05) is 0 Å². The fourth-order valence-corrected chi connectivity index (χ4v) is 2.18. The van der Waals surface area contributed by atoms with Gasteiger partial charge in [-0.25, -0.2) is 0 Å². The second kappa shape index (κ2) is 8.15. The molecule has 2 rings (SSSR count). The molecule has 0 saturated carbocycles. The maximum absolute atomic E-state index is 12.3. The van der Waals surface area contributed by atoms with Gasteiger partial charge in [-0.1, -0.05) is 60.1 Å². The van der Waals surface area contributed by atoms with Gasteiger partial charge in [-0.15, -0.1) is 0 Å². The van der Waals surface area contributed by atoms with E-state index in [1.807, 2.05) is 48.5 Å². The van der Waals surface area contributed by atoms with Gasteiger partial charge in [0.05, 0.1) is 0 Å². The lowest BCUT2D eigenvalue weighted by molar-refractivity contribution is -0.122. The first-order valence-electron chi connectivity index (χ1n) is 7.12. The average molecular weight is 329 g/mol. The van der Waals surface area contributed by atoms with E-state index in [0.717, 1.165) is 11.1 Å². The van der Waals surface area contributed by atoms with Crippen molar-refractivity contribution in [3.63, 3.8) is 0 Å². The van der Waals surface area contributed by atoms with Gasteiger partial charge in [0.2, 0.25) is 5.91 Å². The monoisotopic (exact) mass is 328 g/mol. The molecule has 2 aromatic rings. The molecule has 4 nitrogen and oxygen atoms in total. The molecule has 5 heteroatoms. The first-order valence-corrected chi connectivity index (χ1v) is 7.50. The van der Waals surface area contributed by atoms with Crippen LogP contribution in [0.3, 0.4) is 0 Å². The number of hydrogen-bond acceptors (Lipinski definition) is 2. The Morgan fingerprint density at radius 2 is 1.70 bits per heavy atom. The number of rotatable bonds is 5. The molecule has 0 aromatic heterocycles. The van der Waals surface area contributed by atoms with Crippen LogP contribution in [0.4, 0.5) is 0 Å². The minimum Gasteiger partial charge on any atom is -0.347 e. The summed E-state index contributed by atoms with van der Waals surface area (Å²) in [5.41, 5.74) is 1.82. The van der Waals surface area contributed by atoms with Gasteiger partial charge in [-0.3, -0.25) is 9.59 Å². The number of nitrogens with one attached hydrogen (secondary N) is 2. The zero-order valence-corrected chi connectivity index (χ0v) is 13.4. The van der Waals surface area contributed by atoms with Crippen molar-refractivity contribution in [2.24, 2.45) is 0 Å². The van der Waals surface area contributed by atoms with Crippen molar-refractivity contribution in [1.29, 1.82) is 0 Å². The third kappa shape index (κ3) is 5.27. The maximum atomic E-state index is 12.3. The van der Waals surface area contributed by atoms with Crippen LogP contribution < -0.4 is 10.6 Å². The van der Waals surface area contributed by atoms with Crippen LogP contribution in [0.1, 0.15) is 18.1 Å². The number of carbonyl (C=O) groups excluding carboxylic acids is 2. The van der Waals surface area contributed by atoms with Crippen LogP contribution in [0.25, 0.3) is 6.08 Å². The van der Waals surface area contributed by atoms with E-state index < -0.39 is 0 Å². The average Bonchev–Trinajstić information content (AvgIpc) is 2.54.